The van der Waals surface area contributed by atoms with Crippen molar-refractivity contribution in [1.82, 2.24) is 10.0 Å². The lowest BCUT2D eigenvalue weighted by Gasteiger charge is -2.19. The van der Waals surface area contributed by atoms with E-state index in [0.717, 1.165) is 12.1 Å². The molecule has 7 N–H and O–H groups in total. The van der Waals surface area contributed by atoms with Crippen LogP contribution in [0.25, 0.3) is 0 Å². The lowest BCUT2D eigenvalue weighted by atomic mass is 10.0. The van der Waals surface area contributed by atoms with E-state index in [4.69, 9.17) is 25.8 Å². The molecule has 0 aliphatic rings. The fraction of sp³-hybridized carbons (Fsp3) is 0.360. The first-order chi connectivity index (χ1) is 19.7. The Morgan fingerprint density at radius 3 is 2.02 bits per heavy atom. The van der Waals surface area contributed by atoms with Gasteiger partial charge in [-0.05, 0) is 48.9 Å². The highest BCUT2D eigenvalue weighted by molar-refractivity contribution is 7.89. The molecule has 0 aliphatic carbocycles. The zero-order valence-electron chi connectivity index (χ0n) is 22.4. The van der Waals surface area contributed by atoms with Crippen molar-refractivity contribution in [3.63, 3.8) is 0 Å². The number of methoxy groups -OCH3 is 1. The second kappa shape index (κ2) is 16.6. The normalized spacial score (nSPS) is 12.1. The Hall–Kier alpha value is -4.23. The number of nitrogen functional groups attached to an aromatic ring is 1. The molecule has 2 aromatic rings. The van der Waals surface area contributed by atoms with Crippen LogP contribution in [0.2, 0.25) is 0 Å². The molecule has 0 saturated carbocycles. The summed E-state index contributed by atoms with van der Waals surface area (Å²) in [5.74, 6) is -4.34. The molecule has 12 nitrogen and oxygen atoms in total. The summed E-state index contributed by atoms with van der Waals surface area (Å²) in [6, 6.07) is 7.66. The topological polar surface area (TPSA) is 201 Å². The number of carbonyl (C=O) groups excluding carboxylic acids is 2. The zero-order chi connectivity index (χ0) is 33.2. The number of carboxylic acid groups (broad SMARTS) is 1. The van der Waals surface area contributed by atoms with E-state index in [2.05, 4.69) is 10.6 Å². The maximum Gasteiger partial charge on any atom is 0.490 e. The number of aliphatic carboxylic acids is 1. The van der Waals surface area contributed by atoms with Crippen LogP contribution in [-0.4, -0.2) is 63.6 Å². The average molecular weight is 660 g/mol. The van der Waals surface area contributed by atoms with Crippen LogP contribution in [-0.2, 0) is 35.3 Å². The van der Waals surface area contributed by atoms with E-state index in [1.165, 1.54) is 38.3 Å². The number of nitrogens with one attached hydrogen (secondary N) is 4. The van der Waals surface area contributed by atoms with Crippen molar-refractivity contribution in [3.05, 3.63) is 59.2 Å². The highest BCUT2D eigenvalue weighted by Crippen LogP contribution is 2.36. The molecule has 2 aromatic carbocycles. The molecule has 2 amide bonds. The smallest absolute Gasteiger partial charge is 0.475 e. The summed E-state index contributed by atoms with van der Waals surface area (Å²) >= 11 is 0. The highest BCUT2D eigenvalue weighted by Gasteiger charge is 2.39. The first-order valence-electron chi connectivity index (χ1n) is 11.7. The molecule has 44 heavy (non-hydrogen) atoms. The lowest BCUT2D eigenvalue weighted by Crippen LogP contribution is -2.31. The second-order valence-corrected chi connectivity index (χ2v) is 10.2. The molecule has 0 radical (unpaired) electrons. The first kappa shape index (κ1) is 39.8. The Kier molecular flexibility index (Phi) is 15.0. The molecule has 0 unspecified atom stereocenters. The van der Waals surface area contributed by atoms with Crippen LogP contribution in [0.5, 0.6) is 0 Å². The number of halogens is 6. The number of benzene rings is 2. The molecule has 0 aromatic heterocycles. The number of sulfonamides is 1. The van der Waals surface area contributed by atoms with Crippen molar-refractivity contribution in [3.8, 4) is 0 Å². The Morgan fingerprint density at radius 2 is 1.57 bits per heavy atom. The molecular weight excluding hydrogens is 628 g/mol. The number of amidine groups is 1. The van der Waals surface area contributed by atoms with Crippen molar-refractivity contribution in [1.29, 1.82) is 5.41 Å². The van der Waals surface area contributed by atoms with Crippen LogP contribution in [0.15, 0.2) is 47.4 Å². The molecule has 0 aliphatic heterocycles. The van der Waals surface area contributed by atoms with E-state index in [0.29, 0.717) is 17.3 Å². The minimum atomic E-state index is -5.08. The van der Waals surface area contributed by atoms with Crippen LogP contribution >= 0.6 is 0 Å². The van der Waals surface area contributed by atoms with Gasteiger partial charge in [0.15, 0.2) is 0 Å². The maximum atomic E-state index is 13.6. The Balaban J connectivity index is 0.00000206. The lowest BCUT2D eigenvalue weighted by molar-refractivity contribution is -0.192. The quantitative estimate of drug-likeness (QED) is 0.0693. The van der Waals surface area contributed by atoms with Gasteiger partial charge >= 0.3 is 18.3 Å². The number of rotatable bonds is 11. The molecule has 0 heterocycles. The monoisotopic (exact) mass is 659 g/mol. The number of hydrogen-bond acceptors (Lipinski definition) is 7. The van der Waals surface area contributed by atoms with E-state index < -0.39 is 63.1 Å². The Morgan fingerprint density at radius 1 is 1.02 bits per heavy atom. The van der Waals surface area contributed by atoms with Gasteiger partial charge in [0.1, 0.15) is 12.3 Å². The molecule has 19 heteroatoms. The van der Waals surface area contributed by atoms with Gasteiger partial charge in [-0.1, -0.05) is 13.5 Å². The van der Waals surface area contributed by atoms with Crippen molar-refractivity contribution < 1.29 is 59.0 Å². The van der Waals surface area contributed by atoms with Gasteiger partial charge in [0, 0.05) is 24.9 Å². The molecule has 0 spiro atoms. The fourth-order valence-corrected chi connectivity index (χ4v) is 4.31. The second-order valence-electron chi connectivity index (χ2n) is 8.45. The van der Waals surface area contributed by atoms with Crippen molar-refractivity contribution in [2.24, 2.45) is 5.73 Å². The van der Waals surface area contributed by atoms with Gasteiger partial charge in [-0.2, -0.15) is 26.3 Å². The summed E-state index contributed by atoms with van der Waals surface area (Å²) in [7, 11) is -3.16. The van der Waals surface area contributed by atoms with Gasteiger partial charge in [0.25, 0.3) is 0 Å². The third-order valence-electron chi connectivity index (χ3n) is 5.12. The number of carbonyl (C=O) groups is 3. The zero-order valence-corrected chi connectivity index (χ0v) is 23.2. The van der Waals surface area contributed by atoms with Crippen LogP contribution < -0.4 is 21.1 Å². The third-order valence-corrected chi connectivity index (χ3v) is 6.64. The number of alkyl halides is 6. The minimum absolute atomic E-state index is 0. The summed E-state index contributed by atoms with van der Waals surface area (Å²) < 4.78 is 104. The van der Waals surface area contributed by atoms with Gasteiger partial charge in [-0.15, -0.1) is 0 Å². The predicted octanol–water partition coefficient (Wildman–Crippen LogP) is 3.39. The highest BCUT2D eigenvalue weighted by atomic mass is 32.2. The fourth-order valence-electron chi connectivity index (χ4n) is 3.09. The molecule has 0 fully saturated rings. The van der Waals surface area contributed by atoms with E-state index in [9.17, 15) is 44.3 Å². The number of hydrogen-bond donors (Lipinski definition) is 6. The number of carboxylic acids is 1. The van der Waals surface area contributed by atoms with Crippen molar-refractivity contribution in [2.75, 3.05) is 25.6 Å². The van der Waals surface area contributed by atoms with Crippen molar-refractivity contribution >= 4 is 39.3 Å². The number of nitrogens with two attached hydrogens (primary N) is 1. The summed E-state index contributed by atoms with van der Waals surface area (Å²) in [5, 5.41) is 19.4. The predicted molar refractivity (Wildman–Crippen MR) is 146 cm³/mol. The summed E-state index contributed by atoms with van der Waals surface area (Å²) in [6.07, 6.45) is -10.7. The van der Waals surface area contributed by atoms with E-state index in [1.54, 1.807) is 0 Å². The Labute approximate surface area is 248 Å². The van der Waals surface area contributed by atoms with Gasteiger partial charge in [-0.25, -0.2) is 17.9 Å². The average Bonchev–Trinajstić information content (AvgIpc) is 2.87. The van der Waals surface area contributed by atoms with Gasteiger partial charge in [-0.3, -0.25) is 15.0 Å². The van der Waals surface area contributed by atoms with E-state index in [-0.39, 0.29) is 32.0 Å². The number of ether oxygens (including phenoxy) is 1. The standard InChI is InChI=1S/C22H26F3N5O5S.C2HF3O2.CH4/c1-13(29-19(31)12-20(32)30-16-6-3-14(4-7-16)21(26)27)15-5-8-18(17(11-15)22(23,24)25)36(33,34)28-9-10-35-2;3-2(4,5)1(6)7;/h3-8,11,13,28H,9-10,12H2,1-2H3,(H3,26,27)(H,29,31)(H,30,32);(H,6,7);1H4/t13-;;/m0../s1. The molecular formula is C25H31F6N5O7S. The molecule has 246 valence electrons. The van der Waals surface area contributed by atoms with E-state index in [1.807, 2.05) is 4.72 Å². The molecule has 1 atom stereocenters. The maximum absolute atomic E-state index is 13.6. The number of amides is 2. The summed E-state index contributed by atoms with van der Waals surface area (Å²) in [5.41, 5.74) is 4.76. The van der Waals surface area contributed by atoms with Crippen LogP contribution in [0.3, 0.4) is 0 Å². The first-order valence-corrected chi connectivity index (χ1v) is 13.2. The minimum Gasteiger partial charge on any atom is -0.475 e. The SMILES string of the molecule is C.COCCNS(=O)(=O)c1ccc([C@H](C)NC(=O)CC(=O)Nc2ccc(C(=N)N)cc2)cc1C(F)(F)F.O=C(O)C(F)(F)F. The number of anilines is 1. The van der Waals surface area contributed by atoms with Crippen molar-refractivity contribution in [2.45, 2.75) is 44.1 Å². The van der Waals surface area contributed by atoms with E-state index >= 15 is 0 Å². The van der Waals surface area contributed by atoms with Crippen LogP contribution in [0, 0.1) is 5.41 Å². The van der Waals surface area contributed by atoms with Gasteiger partial charge < -0.3 is 26.2 Å². The third kappa shape index (κ3) is 13.0. The summed E-state index contributed by atoms with van der Waals surface area (Å²) in [6.45, 7) is 1.16. The molecule has 0 saturated heterocycles. The van der Waals surface area contributed by atoms with Crippen LogP contribution in [0.4, 0.5) is 32.0 Å². The Bertz CT molecular complexity index is 1420. The molecule has 0 bridgehead atoms. The van der Waals surface area contributed by atoms with Gasteiger partial charge in [0.05, 0.1) is 23.1 Å². The summed E-state index contributed by atoms with van der Waals surface area (Å²) in [4.78, 5) is 32.3. The molecule has 2 rings (SSSR count). The largest absolute Gasteiger partial charge is 0.490 e. The van der Waals surface area contributed by atoms with Gasteiger partial charge in [0.2, 0.25) is 21.8 Å². The van der Waals surface area contributed by atoms with Crippen LogP contribution in [0.1, 0.15) is 43.5 Å².